The molecule has 0 aromatic carbocycles. The van der Waals surface area contributed by atoms with E-state index in [0.29, 0.717) is 6.54 Å². The summed E-state index contributed by atoms with van der Waals surface area (Å²) >= 11 is 5.02. The fourth-order valence-corrected chi connectivity index (χ4v) is 2.65. The maximum Gasteiger partial charge on any atom is 0.181 e. The van der Waals surface area contributed by atoms with Crippen LogP contribution in [0.2, 0.25) is 0 Å². The first kappa shape index (κ1) is 9.89. The molecule has 0 bridgehead atoms. The molecule has 0 radical (unpaired) electrons. The van der Waals surface area contributed by atoms with Crippen LogP contribution in [0.25, 0.3) is 10.6 Å². The molecular formula is C9H9BrN2OS. The van der Waals surface area contributed by atoms with Crippen LogP contribution in [0, 0.1) is 6.92 Å². The first-order valence-corrected chi connectivity index (χ1v) is 5.74. The van der Waals surface area contributed by atoms with E-state index in [1.807, 2.05) is 19.1 Å². The molecule has 0 fully saturated rings. The molecule has 2 N–H and O–H groups in total. The third-order valence-electron chi connectivity index (χ3n) is 1.99. The Hall–Kier alpha value is -0.650. The zero-order valence-electron chi connectivity index (χ0n) is 7.58. The molecule has 0 atom stereocenters. The maximum absolute atomic E-state index is 5.63. The van der Waals surface area contributed by atoms with Gasteiger partial charge in [0.15, 0.2) is 5.76 Å². The highest BCUT2D eigenvalue weighted by Crippen LogP contribution is 2.34. The number of halogens is 1. The molecule has 0 aliphatic rings. The van der Waals surface area contributed by atoms with Gasteiger partial charge >= 0.3 is 0 Å². The first-order valence-electron chi connectivity index (χ1n) is 4.13. The summed E-state index contributed by atoms with van der Waals surface area (Å²) < 4.78 is 6.32. The number of thiophene rings is 1. The summed E-state index contributed by atoms with van der Waals surface area (Å²) in [6.45, 7) is 2.36. The Kier molecular flexibility index (Phi) is 2.71. The van der Waals surface area contributed by atoms with E-state index in [0.717, 1.165) is 25.7 Å². The molecule has 0 aliphatic carbocycles. The van der Waals surface area contributed by atoms with Crippen molar-refractivity contribution in [3.05, 3.63) is 27.2 Å². The molecule has 0 saturated heterocycles. The highest BCUT2D eigenvalue weighted by Gasteiger charge is 2.14. The normalized spacial score (nSPS) is 10.8. The lowest BCUT2D eigenvalue weighted by molar-refractivity contribution is 0.427. The van der Waals surface area contributed by atoms with Gasteiger partial charge in [0.25, 0.3) is 0 Å². The minimum absolute atomic E-state index is 0.459. The van der Waals surface area contributed by atoms with Gasteiger partial charge in [-0.3, -0.25) is 0 Å². The summed E-state index contributed by atoms with van der Waals surface area (Å²) in [6.07, 6.45) is 0. The molecule has 0 unspecified atom stereocenters. The van der Waals surface area contributed by atoms with E-state index in [9.17, 15) is 0 Å². The van der Waals surface area contributed by atoms with Crippen LogP contribution in [-0.4, -0.2) is 5.16 Å². The third-order valence-corrected chi connectivity index (χ3v) is 3.61. The average molecular weight is 273 g/mol. The van der Waals surface area contributed by atoms with Crippen molar-refractivity contribution in [1.82, 2.24) is 5.16 Å². The third kappa shape index (κ3) is 1.63. The highest BCUT2D eigenvalue weighted by atomic mass is 79.9. The van der Waals surface area contributed by atoms with Gasteiger partial charge in [-0.05, 0) is 35.0 Å². The van der Waals surface area contributed by atoms with Gasteiger partial charge in [0, 0.05) is 12.1 Å². The summed E-state index contributed by atoms with van der Waals surface area (Å²) in [4.78, 5) is 1.05. The molecule has 2 heterocycles. The Morgan fingerprint density at radius 2 is 2.36 bits per heavy atom. The molecule has 3 nitrogen and oxygen atoms in total. The number of rotatable bonds is 2. The molecule has 0 spiro atoms. The van der Waals surface area contributed by atoms with Gasteiger partial charge in [0.05, 0.1) is 14.4 Å². The Morgan fingerprint density at radius 3 is 2.93 bits per heavy atom. The van der Waals surface area contributed by atoms with Gasteiger partial charge in [-0.25, -0.2) is 0 Å². The van der Waals surface area contributed by atoms with Crippen molar-refractivity contribution >= 4 is 27.3 Å². The van der Waals surface area contributed by atoms with Gasteiger partial charge in [0.1, 0.15) is 0 Å². The summed E-state index contributed by atoms with van der Waals surface area (Å²) in [5, 5.41) is 3.91. The van der Waals surface area contributed by atoms with Crippen molar-refractivity contribution in [3.8, 4) is 10.6 Å². The Bertz CT molecular complexity index is 449. The number of hydrogen-bond donors (Lipinski definition) is 1. The molecule has 14 heavy (non-hydrogen) atoms. The predicted molar refractivity (Wildman–Crippen MR) is 60.1 cm³/mol. The number of nitrogens with two attached hydrogens (primary N) is 1. The largest absolute Gasteiger partial charge is 0.355 e. The summed E-state index contributed by atoms with van der Waals surface area (Å²) in [5.41, 5.74) is 7.49. The van der Waals surface area contributed by atoms with Gasteiger partial charge in [0.2, 0.25) is 0 Å². The van der Waals surface area contributed by atoms with Crippen LogP contribution >= 0.6 is 27.3 Å². The number of nitrogens with zero attached hydrogens (tertiary/aromatic N) is 1. The van der Waals surface area contributed by atoms with Crippen LogP contribution in [0.1, 0.15) is 11.3 Å². The fourth-order valence-electron chi connectivity index (χ4n) is 1.26. The van der Waals surface area contributed by atoms with Crippen LogP contribution in [0.15, 0.2) is 20.4 Å². The van der Waals surface area contributed by atoms with Crippen molar-refractivity contribution < 1.29 is 4.52 Å². The Balaban J connectivity index is 2.51. The standard InChI is InChI=1S/C9H9BrN2OS/c1-5-6(4-11)9(13-12-5)7-2-3-8(10)14-7/h2-3H,4,11H2,1H3. The molecule has 74 valence electrons. The second-order valence-electron chi connectivity index (χ2n) is 2.88. The van der Waals surface area contributed by atoms with Gasteiger partial charge in [-0.1, -0.05) is 5.16 Å². The summed E-state index contributed by atoms with van der Waals surface area (Å²) in [6, 6.07) is 3.98. The van der Waals surface area contributed by atoms with E-state index in [2.05, 4.69) is 21.1 Å². The number of aromatic nitrogens is 1. The Morgan fingerprint density at radius 1 is 1.57 bits per heavy atom. The number of hydrogen-bond acceptors (Lipinski definition) is 4. The summed E-state index contributed by atoms with van der Waals surface area (Å²) in [5.74, 6) is 0.792. The quantitative estimate of drug-likeness (QED) is 0.915. The lowest BCUT2D eigenvalue weighted by Crippen LogP contribution is -1.97. The van der Waals surface area contributed by atoms with E-state index in [4.69, 9.17) is 10.3 Å². The zero-order chi connectivity index (χ0) is 10.1. The monoisotopic (exact) mass is 272 g/mol. The van der Waals surface area contributed by atoms with Crippen molar-refractivity contribution in [3.63, 3.8) is 0 Å². The average Bonchev–Trinajstić information content (AvgIpc) is 2.71. The highest BCUT2D eigenvalue weighted by molar-refractivity contribution is 9.11. The minimum atomic E-state index is 0.459. The molecular weight excluding hydrogens is 264 g/mol. The second-order valence-corrected chi connectivity index (χ2v) is 5.35. The molecule has 0 aliphatic heterocycles. The van der Waals surface area contributed by atoms with E-state index in [1.165, 1.54) is 0 Å². The fraction of sp³-hybridized carbons (Fsp3) is 0.222. The number of aryl methyl sites for hydroxylation is 1. The molecule has 2 rings (SSSR count). The molecule has 0 saturated carbocycles. The van der Waals surface area contributed by atoms with Crippen molar-refractivity contribution in [2.75, 3.05) is 0 Å². The van der Waals surface area contributed by atoms with Crippen LogP contribution in [0.4, 0.5) is 0 Å². The molecule has 5 heteroatoms. The predicted octanol–water partition coefficient (Wildman–Crippen LogP) is 2.93. The lowest BCUT2D eigenvalue weighted by atomic mass is 10.2. The minimum Gasteiger partial charge on any atom is -0.355 e. The van der Waals surface area contributed by atoms with Crippen LogP contribution < -0.4 is 5.73 Å². The van der Waals surface area contributed by atoms with Gasteiger partial charge in [-0.2, -0.15) is 0 Å². The molecule has 2 aromatic rings. The molecule has 2 aromatic heterocycles. The van der Waals surface area contributed by atoms with Gasteiger partial charge in [-0.15, -0.1) is 11.3 Å². The van der Waals surface area contributed by atoms with E-state index >= 15 is 0 Å². The van der Waals surface area contributed by atoms with Crippen LogP contribution in [0.3, 0.4) is 0 Å². The topological polar surface area (TPSA) is 52.0 Å². The van der Waals surface area contributed by atoms with Crippen molar-refractivity contribution in [1.29, 1.82) is 0 Å². The van der Waals surface area contributed by atoms with E-state index in [1.54, 1.807) is 11.3 Å². The van der Waals surface area contributed by atoms with Crippen molar-refractivity contribution in [2.45, 2.75) is 13.5 Å². The van der Waals surface area contributed by atoms with E-state index in [-0.39, 0.29) is 0 Å². The van der Waals surface area contributed by atoms with Crippen LogP contribution in [-0.2, 0) is 6.54 Å². The molecule has 0 amide bonds. The van der Waals surface area contributed by atoms with Crippen molar-refractivity contribution in [2.24, 2.45) is 5.73 Å². The summed E-state index contributed by atoms with van der Waals surface area (Å²) in [7, 11) is 0. The van der Waals surface area contributed by atoms with E-state index < -0.39 is 0 Å². The second kappa shape index (κ2) is 3.84. The van der Waals surface area contributed by atoms with Gasteiger partial charge < -0.3 is 10.3 Å². The lowest BCUT2D eigenvalue weighted by Gasteiger charge is -1.94. The maximum atomic E-state index is 5.63. The van der Waals surface area contributed by atoms with Crippen LogP contribution in [0.5, 0.6) is 0 Å². The SMILES string of the molecule is Cc1noc(-c2ccc(Br)s2)c1CN. The first-order chi connectivity index (χ1) is 6.72. The Labute approximate surface area is 94.0 Å². The smallest absolute Gasteiger partial charge is 0.181 e. The zero-order valence-corrected chi connectivity index (χ0v) is 9.98.